The van der Waals surface area contributed by atoms with E-state index in [2.05, 4.69) is 27.8 Å². The highest BCUT2D eigenvalue weighted by molar-refractivity contribution is 5.75. The fraction of sp³-hybridized carbons (Fsp3) is 0.588. The summed E-state index contributed by atoms with van der Waals surface area (Å²) in [6, 6.07) is 8.31. The third kappa shape index (κ3) is 2.88. The summed E-state index contributed by atoms with van der Waals surface area (Å²) in [4.78, 5) is 4.67. The number of benzene rings is 1. The topological polar surface area (TPSA) is 38.1 Å². The van der Waals surface area contributed by atoms with Gasteiger partial charge in [0, 0.05) is 13.0 Å². The number of aliphatic hydroxyl groups excluding tert-OH is 1. The molecule has 0 bridgehead atoms. The fourth-order valence-corrected chi connectivity index (χ4v) is 3.45. The van der Waals surface area contributed by atoms with Gasteiger partial charge in [0.2, 0.25) is 0 Å². The van der Waals surface area contributed by atoms with E-state index in [1.165, 1.54) is 44.0 Å². The second-order valence-electron chi connectivity index (χ2n) is 5.93. The molecule has 1 heterocycles. The normalized spacial score (nSPS) is 16.9. The SMILES string of the molecule is OCCc1nc2ccccc2n1CCC1CCCCC1. The van der Waals surface area contributed by atoms with Gasteiger partial charge in [-0.05, 0) is 24.5 Å². The van der Waals surface area contributed by atoms with Gasteiger partial charge in [-0.1, -0.05) is 44.2 Å². The van der Waals surface area contributed by atoms with Crippen LogP contribution in [-0.4, -0.2) is 21.3 Å². The number of imidazole rings is 1. The number of fused-ring (bicyclic) bond motifs is 1. The fourth-order valence-electron chi connectivity index (χ4n) is 3.45. The molecule has 0 aliphatic heterocycles. The van der Waals surface area contributed by atoms with E-state index in [4.69, 9.17) is 0 Å². The van der Waals surface area contributed by atoms with Crippen molar-refractivity contribution in [1.82, 2.24) is 9.55 Å². The van der Waals surface area contributed by atoms with Gasteiger partial charge in [0.05, 0.1) is 17.6 Å². The van der Waals surface area contributed by atoms with Gasteiger partial charge in [0.15, 0.2) is 0 Å². The summed E-state index contributed by atoms with van der Waals surface area (Å²) in [5, 5.41) is 9.23. The second kappa shape index (κ2) is 6.40. The monoisotopic (exact) mass is 272 g/mol. The molecule has 108 valence electrons. The molecule has 0 saturated heterocycles. The summed E-state index contributed by atoms with van der Waals surface area (Å²) >= 11 is 0. The Bertz CT molecular complexity index is 555. The van der Waals surface area contributed by atoms with Crippen molar-refractivity contribution in [3.8, 4) is 0 Å². The molecule has 1 aromatic carbocycles. The summed E-state index contributed by atoms with van der Waals surface area (Å²) in [6.07, 6.45) is 8.90. The summed E-state index contributed by atoms with van der Waals surface area (Å²) in [7, 11) is 0. The quantitative estimate of drug-likeness (QED) is 0.904. The molecule has 20 heavy (non-hydrogen) atoms. The molecule has 3 rings (SSSR count). The van der Waals surface area contributed by atoms with Gasteiger partial charge in [-0.3, -0.25) is 0 Å². The van der Waals surface area contributed by atoms with Crippen molar-refractivity contribution in [2.75, 3.05) is 6.61 Å². The summed E-state index contributed by atoms with van der Waals surface area (Å²) in [5.41, 5.74) is 2.27. The number of hydrogen-bond donors (Lipinski definition) is 1. The van der Waals surface area contributed by atoms with Gasteiger partial charge >= 0.3 is 0 Å². The highest BCUT2D eigenvalue weighted by atomic mass is 16.3. The lowest BCUT2D eigenvalue weighted by Gasteiger charge is -2.22. The number of aromatic nitrogens is 2. The number of rotatable bonds is 5. The van der Waals surface area contributed by atoms with Crippen molar-refractivity contribution < 1.29 is 5.11 Å². The van der Waals surface area contributed by atoms with E-state index < -0.39 is 0 Å². The molecule has 0 radical (unpaired) electrons. The van der Waals surface area contributed by atoms with Gasteiger partial charge in [-0.2, -0.15) is 0 Å². The number of hydrogen-bond acceptors (Lipinski definition) is 2. The molecule has 2 aromatic rings. The summed E-state index contributed by atoms with van der Waals surface area (Å²) in [6.45, 7) is 1.22. The molecule has 1 saturated carbocycles. The van der Waals surface area contributed by atoms with Gasteiger partial charge in [0.1, 0.15) is 5.82 Å². The van der Waals surface area contributed by atoms with Crippen molar-refractivity contribution in [1.29, 1.82) is 0 Å². The van der Waals surface area contributed by atoms with Crippen LogP contribution < -0.4 is 0 Å². The van der Waals surface area contributed by atoms with Crippen molar-refractivity contribution in [3.63, 3.8) is 0 Å². The second-order valence-corrected chi connectivity index (χ2v) is 5.93. The summed E-state index contributed by atoms with van der Waals surface area (Å²) < 4.78 is 2.32. The average molecular weight is 272 g/mol. The van der Waals surface area contributed by atoms with Crippen LogP contribution in [0, 0.1) is 5.92 Å². The Kier molecular flexibility index (Phi) is 4.36. The maximum atomic E-state index is 9.23. The van der Waals surface area contributed by atoms with Crippen molar-refractivity contribution in [3.05, 3.63) is 30.1 Å². The molecule has 1 aromatic heterocycles. The van der Waals surface area contributed by atoms with Crippen LogP contribution in [0.2, 0.25) is 0 Å². The van der Waals surface area contributed by atoms with Crippen molar-refractivity contribution >= 4 is 11.0 Å². The smallest absolute Gasteiger partial charge is 0.112 e. The Morgan fingerprint density at radius 3 is 2.75 bits per heavy atom. The number of aliphatic hydroxyl groups is 1. The molecule has 0 atom stereocenters. The molecule has 1 fully saturated rings. The lowest BCUT2D eigenvalue weighted by atomic mass is 9.87. The minimum atomic E-state index is 0.173. The van der Waals surface area contributed by atoms with E-state index in [1.807, 2.05) is 6.07 Å². The molecule has 1 aliphatic carbocycles. The Labute approximate surface area is 120 Å². The van der Waals surface area contributed by atoms with E-state index >= 15 is 0 Å². The van der Waals surface area contributed by atoms with E-state index in [-0.39, 0.29) is 6.61 Å². The molecule has 0 amide bonds. The Balaban J connectivity index is 1.79. The molecule has 3 nitrogen and oxygen atoms in total. The van der Waals surface area contributed by atoms with Gasteiger partial charge in [-0.25, -0.2) is 4.98 Å². The van der Waals surface area contributed by atoms with Gasteiger partial charge < -0.3 is 9.67 Å². The molecule has 0 unspecified atom stereocenters. The third-order valence-corrected chi connectivity index (χ3v) is 4.55. The van der Waals surface area contributed by atoms with Crippen LogP contribution in [0.5, 0.6) is 0 Å². The Morgan fingerprint density at radius 2 is 1.95 bits per heavy atom. The molecule has 1 aliphatic rings. The summed E-state index contributed by atoms with van der Waals surface area (Å²) in [5.74, 6) is 1.91. The zero-order valence-corrected chi connectivity index (χ0v) is 12.1. The van der Waals surface area contributed by atoms with Crippen LogP contribution in [0.15, 0.2) is 24.3 Å². The predicted molar refractivity (Wildman–Crippen MR) is 81.7 cm³/mol. The standard InChI is InChI=1S/C17H24N2O/c20-13-11-17-18-15-8-4-5-9-16(15)19(17)12-10-14-6-2-1-3-7-14/h4-5,8-9,14,20H,1-3,6-7,10-13H2. The van der Waals surface area contributed by atoms with Gasteiger partial charge in [0.25, 0.3) is 0 Å². The minimum absolute atomic E-state index is 0.173. The van der Waals surface area contributed by atoms with E-state index in [0.717, 1.165) is 23.8 Å². The molecule has 0 spiro atoms. The molecular weight excluding hydrogens is 248 g/mol. The van der Waals surface area contributed by atoms with Crippen LogP contribution in [0.25, 0.3) is 11.0 Å². The van der Waals surface area contributed by atoms with Crippen molar-refractivity contribution in [2.24, 2.45) is 5.92 Å². The minimum Gasteiger partial charge on any atom is -0.396 e. The number of aryl methyl sites for hydroxylation is 1. The van der Waals surface area contributed by atoms with Crippen LogP contribution in [0.3, 0.4) is 0 Å². The first kappa shape index (κ1) is 13.6. The van der Waals surface area contributed by atoms with Crippen LogP contribution in [0.1, 0.15) is 44.3 Å². The zero-order chi connectivity index (χ0) is 13.8. The maximum absolute atomic E-state index is 9.23. The van der Waals surface area contributed by atoms with Crippen molar-refractivity contribution in [2.45, 2.75) is 51.5 Å². The number of para-hydroxylation sites is 2. The largest absolute Gasteiger partial charge is 0.396 e. The van der Waals surface area contributed by atoms with E-state index in [9.17, 15) is 5.11 Å². The predicted octanol–water partition coefficient (Wildman–Crippen LogP) is 3.54. The Morgan fingerprint density at radius 1 is 1.15 bits per heavy atom. The first-order chi connectivity index (χ1) is 9.88. The van der Waals surface area contributed by atoms with Crippen LogP contribution >= 0.6 is 0 Å². The zero-order valence-electron chi connectivity index (χ0n) is 12.1. The molecule has 1 N–H and O–H groups in total. The highest BCUT2D eigenvalue weighted by Gasteiger charge is 2.15. The Hall–Kier alpha value is -1.35. The highest BCUT2D eigenvalue weighted by Crippen LogP contribution is 2.27. The molecule has 3 heteroatoms. The van der Waals surface area contributed by atoms with Crippen LogP contribution in [0.4, 0.5) is 0 Å². The van der Waals surface area contributed by atoms with Gasteiger partial charge in [-0.15, -0.1) is 0 Å². The lowest BCUT2D eigenvalue weighted by molar-refractivity contribution is 0.291. The molecular formula is C17H24N2O. The number of nitrogens with zero attached hydrogens (tertiary/aromatic N) is 2. The first-order valence-electron chi connectivity index (χ1n) is 7.93. The maximum Gasteiger partial charge on any atom is 0.112 e. The van der Waals surface area contributed by atoms with Crippen LogP contribution in [-0.2, 0) is 13.0 Å². The van der Waals surface area contributed by atoms with E-state index in [1.54, 1.807) is 0 Å². The average Bonchev–Trinajstić information content (AvgIpc) is 2.84. The van der Waals surface area contributed by atoms with E-state index in [0.29, 0.717) is 6.42 Å². The lowest BCUT2D eigenvalue weighted by Crippen LogP contribution is -2.12. The first-order valence-corrected chi connectivity index (χ1v) is 7.93. The third-order valence-electron chi connectivity index (χ3n) is 4.55.